The van der Waals surface area contributed by atoms with E-state index in [0.29, 0.717) is 13.2 Å². The molecule has 4 rings (SSSR count). The summed E-state index contributed by atoms with van der Waals surface area (Å²) in [5.41, 5.74) is 3.25. The summed E-state index contributed by atoms with van der Waals surface area (Å²) in [4.78, 5) is 15.7. The van der Waals surface area contributed by atoms with Crippen LogP contribution in [0.2, 0.25) is 0 Å². The Morgan fingerprint density at radius 3 is 2.18 bits per heavy atom. The predicted octanol–water partition coefficient (Wildman–Crippen LogP) is 4.50. The smallest absolute Gasteiger partial charge is 0.273 e. The van der Waals surface area contributed by atoms with Gasteiger partial charge in [-0.25, -0.2) is 0 Å². The summed E-state index contributed by atoms with van der Waals surface area (Å²) >= 11 is 0. The predicted molar refractivity (Wildman–Crippen MR) is 127 cm³/mol. The van der Waals surface area contributed by atoms with Gasteiger partial charge in [-0.3, -0.25) is 19.9 Å². The Hall–Kier alpha value is -3.42. The summed E-state index contributed by atoms with van der Waals surface area (Å²) in [5, 5.41) is 11.3. The lowest BCUT2D eigenvalue weighted by Gasteiger charge is -2.34. The summed E-state index contributed by atoms with van der Waals surface area (Å²) in [6.45, 7) is 5.49. The summed E-state index contributed by atoms with van der Waals surface area (Å²) < 4.78 is 11.5. The molecule has 3 aromatic rings. The first kappa shape index (κ1) is 22.8. The van der Waals surface area contributed by atoms with Gasteiger partial charge < -0.3 is 9.47 Å². The monoisotopic (exact) mass is 447 g/mol. The van der Waals surface area contributed by atoms with E-state index in [1.807, 2.05) is 48.5 Å². The highest BCUT2D eigenvalue weighted by Gasteiger charge is 2.21. The molecular formula is C26H29N3O4. The third-order valence-electron chi connectivity index (χ3n) is 5.92. The van der Waals surface area contributed by atoms with E-state index in [2.05, 4.69) is 21.9 Å². The third-order valence-corrected chi connectivity index (χ3v) is 5.92. The van der Waals surface area contributed by atoms with Crippen molar-refractivity contribution in [3.63, 3.8) is 0 Å². The Kier molecular flexibility index (Phi) is 7.55. The molecule has 0 spiro atoms. The maximum Gasteiger partial charge on any atom is 0.273 e. The average molecular weight is 448 g/mol. The minimum absolute atomic E-state index is 0.196. The largest absolute Gasteiger partial charge is 0.493 e. The second-order valence-electron chi connectivity index (χ2n) is 8.20. The van der Waals surface area contributed by atoms with E-state index >= 15 is 0 Å². The van der Waals surface area contributed by atoms with Crippen molar-refractivity contribution < 1.29 is 14.4 Å². The molecule has 0 bridgehead atoms. The van der Waals surface area contributed by atoms with Gasteiger partial charge in [-0.1, -0.05) is 54.6 Å². The molecule has 3 aromatic carbocycles. The molecule has 1 saturated heterocycles. The van der Waals surface area contributed by atoms with Crippen LogP contribution in [0.1, 0.15) is 16.7 Å². The zero-order valence-electron chi connectivity index (χ0n) is 18.9. The fourth-order valence-electron chi connectivity index (χ4n) is 4.09. The van der Waals surface area contributed by atoms with Crippen molar-refractivity contribution in [2.24, 2.45) is 0 Å². The SMILES string of the molecule is COc1ccc(CN2CCN(Cc3ccccc3[N+](=O)[O-])CC2)cc1OCc1ccccc1. The van der Waals surface area contributed by atoms with E-state index in [0.717, 1.165) is 55.3 Å². The lowest BCUT2D eigenvalue weighted by atomic mass is 10.1. The fourth-order valence-corrected chi connectivity index (χ4v) is 4.09. The normalized spacial score (nSPS) is 14.7. The van der Waals surface area contributed by atoms with Gasteiger partial charge in [0.2, 0.25) is 0 Å². The number of ether oxygens (including phenoxy) is 2. The van der Waals surface area contributed by atoms with E-state index in [9.17, 15) is 10.1 Å². The first-order valence-electron chi connectivity index (χ1n) is 11.1. The maximum absolute atomic E-state index is 11.3. The number of piperazine rings is 1. The summed E-state index contributed by atoms with van der Waals surface area (Å²) in [7, 11) is 1.65. The van der Waals surface area contributed by atoms with Gasteiger partial charge in [-0.05, 0) is 23.3 Å². The van der Waals surface area contributed by atoms with Crippen LogP contribution in [0.15, 0.2) is 72.8 Å². The van der Waals surface area contributed by atoms with Gasteiger partial charge in [0.15, 0.2) is 11.5 Å². The minimum Gasteiger partial charge on any atom is -0.493 e. The molecule has 1 heterocycles. The van der Waals surface area contributed by atoms with Crippen LogP contribution in [0, 0.1) is 10.1 Å². The summed E-state index contributed by atoms with van der Waals surface area (Å²) in [6.07, 6.45) is 0. The van der Waals surface area contributed by atoms with Gasteiger partial charge in [-0.15, -0.1) is 0 Å². The molecule has 0 aromatic heterocycles. The van der Waals surface area contributed by atoms with Crippen LogP contribution in [-0.4, -0.2) is 48.0 Å². The van der Waals surface area contributed by atoms with E-state index < -0.39 is 0 Å². The van der Waals surface area contributed by atoms with E-state index in [1.54, 1.807) is 19.2 Å². The number of para-hydroxylation sites is 1. The molecule has 0 radical (unpaired) electrons. The Morgan fingerprint density at radius 2 is 1.48 bits per heavy atom. The number of hydrogen-bond donors (Lipinski definition) is 0. The molecule has 0 atom stereocenters. The highest BCUT2D eigenvalue weighted by Crippen LogP contribution is 2.29. The van der Waals surface area contributed by atoms with Crippen molar-refractivity contribution in [3.8, 4) is 11.5 Å². The number of rotatable bonds is 9. The average Bonchev–Trinajstić information content (AvgIpc) is 2.85. The molecule has 0 unspecified atom stereocenters. The summed E-state index contributed by atoms with van der Waals surface area (Å²) in [6, 6.07) is 23.2. The maximum atomic E-state index is 11.3. The molecule has 0 aliphatic carbocycles. The Bertz CT molecular complexity index is 1070. The molecule has 172 valence electrons. The standard InChI is InChI=1S/C26H29N3O4/c1-32-25-12-11-22(17-26(25)33-20-21-7-3-2-4-8-21)18-27-13-15-28(16-14-27)19-23-9-5-6-10-24(23)29(30)31/h2-12,17H,13-16,18-20H2,1H3. The van der Waals surface area contributed by atoms with Gasteiger partial charge in [0, 0.05) is 50.9 Å². The Balaban J connectivity index is 1.33. The van der Waals surface area contributed by atoms with Crippen molar-refractivity contribution in [1.82, 2.24) is 9.80 Å². The zero-order chi connectivity index (χ0) is 23.0. The fraction of sp³-hybridized carbons (Fsp3) is 0.308. The minimum atomic E-state index is -0.299. The summed E-state index contributed by atoms with van der Waals surface area (Å²) in [5.74, 6) is 1.47. The highest BCUT2D eigenvalue weighted by atomic mass is 16.6. The molecule has 7 nitrogen and oxygen atoms in total. The molecular weight excluding hydrogens is 418 g/mol. The Morgan fingerprint density at radius 1 is 0.818 bits per heavy atom. The van der Waals surface area contributed by atoms with Crippen molar-refractivity contribution in [2.45, 2.75) is 19.7 Å². The van der Waals surface area contributed by atoms with Crippen LogP contribution in [0.25, 0.3) is 0 Å². The number of benzene rings is 3. The van der Waals surface area contributed by atoms with E-state index in [1.165, 1.54) is 5.56 Å². The van der Waals surface area contributed by atoms with Gasteiger partial charge in [-0.2, -0.15) is 0 Å². The van der Waals surface area contributed by atoms with Crippen LogP contribution in [0.5, 0.6) is 11.5 Å². The molecule has 33 heavy (non-hydrogen) atoms. The number of methoxy groups -OCH3 is 1. The first-order chi connectivity index (χ1) is 16.1. The van der Waals surface area contributed by atoms with Crippen molar-refractivity contribution in [2.75, 3.05) is 33.3 Å². The molecule has 1 aliphatic heterocycles. The van der Waals surface area contributed by atoms with Gasteiger partial charge in [0.25, 0.3) is 5.69 Å². The second-order valence-corrected chi connectivity index (χ2v) is 8.20. The molecule has 0 saturated carbocycles. The van der Waals surface area contributed by atoms with Crippen LogP contribution < -0.4 is 9.47 Å². The van der Waals surface area contributed by atoms with Gasteiger partial charge in [0.05, 0.1) is 12.0 Å². The van der Waals surface area contributed by atoms with Crippen molar-refractivity contribution >= 4 is 5.69 Å². The number of nitrogens with zero attached hydrogens (tertiary/aromatic N) is 3. The molecule has 1 aliphatic rings. The van der Waals surface area contributed by atoms with Crippen LogP contribution in [-0.2, 0) is 19.7 Å². The van der Waals surface area contributed by atoms with Crippen molar-refractivity contribution in [1.29, 1.82) is 0 Å². The lowest BCUT2D eigenvalue weighted by Crippen LogP contribution is -2.45. The lowest BCUT2D eigenvalue weighted by molar-refractivity contribution is -0.385. The molecule has 1 fully saturated rings. The molecule has 0 amide bonds. The van der Waals surface area contributed by atoms with Gasteiger partial charge >= 0.3 is 0 Å². The number of nitro groups is 1. The topological polar surface area (TPSA) is 68.1 Å². The zero-order valence-corrected chi connectivity index (χ0v) is 18.9. The van der Waals surface area contributed by atoms with Crippen LogP contribution in [0.4, 0.5) is 5.69 Å². The van der Waals surface area contributed by atoms with E-state index in [4.69, 9.17) is 9.47 Å². The van der Waals surface area contributed by atoms with Crippen molar-refractivity contribution in [3.05, 3.63) is 99.6 Å². The third kappa shape index (κ3) is 6.09. The number of nitro benzene ring substituents is 1. The van der Waals surface area contributed by atoms with Gasteiger partial charge in [0.1, 0.15) is 6.61 Å². The molecule has 0 N–H and O–H groups in total. The first-order valence-corrected chi connectivity index (χ1v) is 11.1. The number of hydrogen-bond acceptors (Lipinski definition) is 6. The Labute approximate surface area is 194 Å². The van der Waals surface area contributed by atoms with Crippen LogP contribution >= 0.6 is 0 Å². The second kappa shape index (κ2) is 10.9. The highest BCUT2D eigenvalue weighted by molar-refractivity contribution is 5.43. The van der Waals surface area contributed by atoms with E-state index in [-0.39, 0.29) is 10.6 Å². The van der Waals surface area contributed by atoms with Crippen LogP contribution in [0.3, 0.4) is 0 Å². The quantitative estimate of drug-likeness (QED) is 0.355. The molecule has 7 heteroatoms.